The van der Waals surface area contributed by atoms with Gasteiger partial charge in [-0.15, -0.1) is 0 Å². The van der Waals surface area contributed by atoms with Gasteiger partial charge in [-0.05, 0) is 45.8 Å². The molecule has 4 nitrogen and oxygen atoms in total. The molecule has 2 fully saturated rings. The third-order valence-corrected chi connectivity index (χ3v) is 5.10. The molecule has 0 amide bonds. The Bertz CT molecular complexity index is 513. The van der Waals surface area contributed by atoms with Crippen molar-refractivity contribution < 1.29 is 14.0 Å². The van der Waals surface area contributed by atoms with E-state index in [1.807, 2.05) is 0 Å². The van der Waals surface area contributed by atoms with E-state index in [4.69, 9.17) is 14.0 Å². The van der Waals surface area contributed by atoms with Crippen molar-refractivity contribution in [3.05, 3.63) is 29.8 Å². The predicted octanol–water partition coefficient (Wildman–Crippen LogP) is 1.99. The molecule has 0 bridgehead atoms. The summed E-state index contributed by atoms with van der Waals surface area (Å²) in [6.07, 6.45) is 0.158. The maximum atomic E-state index is 6.09. The number of nitrogens with zero attached hydrogens (tertiary/aromatic N) is 1. The molecule has 1 aromatic rings. The zero-order valence-corrected chi connectivity index (χ0v) is 14.3. The second kappa shape index (κ2) is 5.64. The number of likely N-dealkylation sites (N-methyl/N-ethyl adjacent to an activating group) is 1. The molecule has 22 heavy (non-hydrogen) atoms. The van der Waals surface area contributed by atoms with Crippen LogP contribution in [0.2, 0.25) is 0 Å². The van der Waals surface area contributed by atoms with Gasteiger partial charge in [-0.3, -0.25) is 0 Å². The van der Waals surface area contributed by atoms with Crippen molar-refractivity contribution >= 4 is 12.6 Å². The third-order valence-electron chi connectivity index (χ3n) is 5.10. The Balaban J connectivity index is 1.72. The van der Waals surface area contributed by atoms with Gasteiger partial charge in [-0.1, -0.05) is 24.3 Å². The van der Waals surface area contributed by atoms with E-state index >= 15 is 0 Å². The maximum absolute atomic E-state index is 6.09. The summed E-state index contributed by atoms with van der Waals surface area (Å²) in [5.41, 5.74) is 1.68. The van der Waals surface area contributed by atoms with Gasteiger partial charge in [-0.2, -0.15) is 0 Å². The van der Waals surface area contributed by atoms with Crippen molar-refractivity contribution in [2.24, 2.45) is 0 Å². The number of rotatable bonds is 2. The molecule has 0 spiro atoms. The first-order valence-electron chi connectivity index (χ1n) is 8.04. The Morgan fingerprint density at radius 1 is 1.05 bits per heavy atom. The second-order valence-corrected chi connectivity index (χ2v) is 7.38. The summed E-state index contributed by atoms with van der Waals surface area (Å²) < 4.78 is 18.0. The monoisotopic (exact) mass is 303 g/mol. The summed E-state index contributed by atoms with van der Waals surface area (Å²) in [4.78, 5) is 2.30. The average Bonchev–Trinajstić information content (AvgIpc) is 2.68. The molecule has 5 heteroatoms. The van der Waals surface area contributed by atoms with Crippen molar-refractivity contribution in [1.29, 1.82) is 0 Å². The Morgan fingerprint density at radius 3 is 2.18 bits per heavy atom. The van der Waals surface area contributed by atoms with Crippen LogP contribution in [0.1, 0.15) is 39.4 Å². The van der Waals surface area contributed by atoms with Crippen LogP contribution in [-0.2, 0) is 14.0 Å². The molecule has 2 saturated heterocycles. The highest BCUT2D eigenvalue weighted by Gasteiger charge is 2.51. The van der Waals surface area contributed by atoms with E-state index in [0.29, 0.717) is 0 Å². The molecular formula is C17H26BNO3. The van der Waals surface area contributed by atoms with Crippen molar-refractivity contribution in [3.8, 4) is 0 Å². The van der Waals surface area contributed by atoms with Crippen LogP contribution < -0.4 is 5.46 Å². The topological polar surface area (TPSA) is 30.9 Å². The lowest BCUT2D eigenvalue weighted by molar-refractivity contribution is -0.0208. The van der Waals surface area contributed by atoms with Gasteiger partial charge < -0.3 is 18.9 Å². The van der Waals surface area contributed by atoms with E-state index in [1.54, 1.807) is 0 Å². The average molecular weight is 303 g/mol. The molecule has 1 aromatic carbocycles. The van der Waals surface area contributed by atoms with E-state index in [-0.39, 0.29) is 24.4 Å². The minimum Gasteiger partial charge on any atom is -0.399 e. The van der Waals surface area contributed by atoms with Crippen molar-refractivity contribution in [3.63, 3.8) is 0 Å². The quantitative estimate of drug-likeness (QED) is 0.782. The largest absolute Gasteiger partial charge is 0.494 e. The first-order valence-corrected chi connectivity index (χ1v) is 8.04. The van der Waals surface area contributed by atoms with Crippen LogP contribution in [0, 0.1) is 0 Å². The van der Waals surface area contributed by atoms with E-state index in [1.165, 1.54) is 5.56 Å². The third kappa shape index (κ3) is 2.95. The van der Waals surface area contributed by atoms with Crippen molar-refractivity contribution in [1.82, 2.24) is 4.90 Å². The molecule has 0 aromatic heterocycles. The van der Waals surface area contributed by atoms with Gasteiger partial charge in [0.05, 0.1) is 23.9 Å². The fourth-order valence-corrected chi connectivity index (χ4v) is 2.83. The Labute approximate surface area is 133 Å². The van der Waals surface area contributed by atoms with Crippen LogP contribution in [-0.4, -0.2) is 50.0 Å². The van der Waals surface area contributed by atoms with Crippen LogP contribution in [0.4, 0.5) is 0 Å². The molecule has 120 valence electrons. The highest BCUT2D eigenvalue weighted by atomic mass is 16.7. The molecule has 0 radical (unpaired) electrons. The van der Waals surface area contributed by atoms with Crippen LogP contribution in [0.25, 0.3) is 0 Å². The molecule has 3 rings (SSSR count). The van der Waals surface area contributed by atoms with Gasteiger partial charge in [0.1, 0.15) is 0 Å². The van der Waals surface area contributed by atoms with Gasteiger partial charge in [0, 0.05) is 13.1 Å². The van der Waals surface area contributed by atoms with Crippen LogP contribution in [0.3, 0.4) is 0 Å². The van der Waals surface area contributed by atoms with E-state index in [9.17, 15) is 0 Å². The number of ether oxygens (including phenoxy) is 1. The Morgan fingerprint density at radius 2 is 1.64 bits per heavy atom. The SMILES string of the molecule is CN1CCOC(c2ccc(B3OC(C)(C)C(C)(C)O3)cc2)C1. The molecule has 1 atom stereocenters. The molecule has 0 N–H and O–H groups in total. The minimum atomic E-state index is -0.300. The predicted molar refractivity (Wildman–Crippen MR) is 88.3 cm³/mol. The summed E-state index contributed by atoms with van der Waals surface area (Å²) in [6.45, 7) is 11.0. The smallest absolute Gasteiger partial charge is 0.399 e. The van der Waals surface area contributed by atoms with Gasteiger partial charge >= 0.3 is 7.12 Å². The fraction of sp³-hybridized carbons (Fsp3) is 0.647. The molecule has 2 aliphatic rings. The van der Waals surface area contributed by atoms with E-state index in [2.05, 4.69) is 63.9 Å². The number of morpholine rings is 1. The summed E-state index contributed by atoms with van der Waals surface area (Å²) >= 11 is 0. The number of hydrogen-bond donors (Lipinski definition) is 0. The molecular weight excluding hydrogens is 277 g/mol. The van der Waals surface area contributed by atoms with E-state index < -0.39 is 0 Å². The number of hydrogen-bond acceptors (Lipinski definition) is 4. The van der Waals surface area contributed by atoms with E-state index in [0.717, 1.165) is 25.2 Å². The summed E-state index contributed by atoms with van der Waals surface area (Å²) in [6, 6.07) is 8.44. The summed E-state index contributed by atoms with van der Waals surface area (Å²) in [5, 5.41) is 0. The zero-order valence-electron chi connectivity index (χ0n) is 14.3. The van der Waals surface area contributed by atoms with Crippen molar-refractivity contribution in [2.45, 2.75) is 45.0 Å². The molecule has 0 aliphatic carbocycles. The highest BCUT2D eigenvalue weighted by Crippen LogP contribution is 2.36. The van der Waals surface area contributed by atoms with Crippen LogP contribution in [0.5, 0.6) is 0 Å². The van der Waals surface area contributed by atoms with Gasteiger partial charge in [0.15, 0.2) is 0 Å². The lowest BCUT2D eigenvalue weighted by Gasteiger charge is -2.32. The maximum Gasteiger partial charge on any atom is 0.494 e. The first kappa shape index (κ1) is 16.0. The zero-order chi connectivity index (χ0) is 16.0. The minimum absolute atomic E-state index is 0.158. The standard InChI is InChI=1S/C17H26BNO3/c1-16(2)17(3,4)22-18(21-16)14-8-6-13(7-9-14)15-12-19(5)10-11-20-15/h6-9,15H,10-12H2,1-5H3. The first-order chi connectivity index (χ1) is 10.3. The van der Waals surface area contributed by atoms with Crippen LogP contribution in [0.15, 0.2) is 24.3 Å². The fourth-order valence-electron chi connectivity index (χ4n) is 2.83. The number of benzene rings is 1. The Kier molecular flexibility index (Phi) is 4.10. The highest BCUT2D eigenvalue weighted by molar-refractivity contribution is 6.62. The Hall–Kier alpha value is -0.875. The summed E-state index contributed by atoms with van der Waals surface area (Å²) in [5.74, 6) is 0. The van der Waals surface area contributed by atoms with Crippen molar-refractivity contribution in [2.75, 3.05) is 26.7 Å². The van der Waals surface area contributed by atoms with Crippen LogP contribution >= 0.6 is 0 Å². The molecule has 2 heterocycles. The molecule has 2 aliphatic heterocycles. The molecule has 0 saturated carbocycles. The van der Waals surface area contributed by atoms with Gasteiger partial charge in [0.2, 0.25) is 0 Å². The lowest BCUT2D eigenvalue weighted by atomic mass is 9.78. The summed E-state index contributed by atoms with van der Waals surface area (Å²) in [7, 11) is 1.84. The normalized spacial score (nSPS) is 28.0. The van der Waals surface area contributed by atoms with Gasteiger partial charge in [-0.25, -0.2) is 0 Å². The second-order valence-electron chi connectivity index (χ2n) is 7.38. The lowest BCUT2D eigenvalue weighted by Crippen LogP contribution is -2.41. The van der Waals surface area contributed by atoms with Gasteiger partial charge in [0.25, 0.3) is 0 Å². The molecule has 1 unspecified atom stereocenters.